The van der Waals surface area contributed by atoms with Gasteiger partial charge in [-0.15, -0.1) is 21.8 Å². The van der Waals surface area contributed by atoms with Crippen LogP contribution in [0.1, 0.15) is 47.7 Å². The molecule has 5 heteroatoms. The highest BCUT2D eigenvalue weighted by Gasteiger charge is 2.30. The summed E-state index contributed by atoms with van der Waals surface area (Å²) in [6.45, 7) is 1.57. The maximum absolute atomic E-state index is 11.5. The molecule has 3 rings (SSSR count). The van der Waals surface area contributed by atoms with Gasteiger partial charge in [0.05, 0.1) is 5.88 Å². The SMILES string of the molecule is CC(=O)c1cccc(-n2c(CCl)nnc2C2CC2)c1. The van der Waals surface area contributed by atoms with Crippen molar-refractivity contribution in [2.45, 2.75) is 31.6 Å². The number of alkyl halides is 1. The predicted octanol–water partition coefficient (Wildman–Crippen LogP) is 3.09. The first kappa shape index (κ1) is 12.4. The molecule has 0 unspecified atom stereocenters. The minimum atomic E-state index is 0.0512. The normalized spacial score (nSPS) is 14.6. The van der Waals surface area contributed by atoms with Crippen molar-refractivity contribution in [3.63, 3.8) is 0 Å². The maximum atomic E-state index is 11.5. The van der Waals surface area contributed by atoms with Gasteiger partial charge in [-0.05, 0) is 31.9 Å². The molecule has 0 spiro atoms. The highest BCUT2D eigenvalue weighted by Crippen LogP contribution is 2.40. The van der Waals surface area contributed by atoms with Crippen LogP contribution in [0, 0.1) is 0 Å². The van der Waals surface area contributed by atoms with E-state index >= 15 is 0 Å². The van der Waals surface area contributed by atoms with Crippen LogP contribution in [0.3, 0.4) is 0 Å². The summed E-state index contributed by atoms with van der Waals surface area (Å²) in [5.41, 5.74) is 1.60. The molecular weight excluding hydrogens is 262 g/mol. The average molecular weight is 276 g/mol. The van der Waals surface area contributed by atoms with Crippen molar-refractivity contribution in [2.75, 3.05) is 0 Å². The molecule has 0 N–H and O–H groups in total. The topological polar surface area (TPSA) is 47.8 Å². The van der Waals surface area contributed by atoms with Crippen LogP contribution in [0.4, 0.5) is 0 Å². The first-order valence-corrected chi connectivity index (χ1v) is 6.85. The summed E-state index contributed by atoms with van der Waals surface area (Å²) in [6.07, 6.45) is 2.29. The third kappa shape index (κ3) is 2.28. The van der Waals surface area contributed by atoms with Gasteiger partial charge in [-0.1, -0.05) is 12.1 Å². The molecule has 0 radical (unpaired) electrons. The molecule has 2 aromatic rings. The number of benzene rings is 1. The summed E-state index contributed by atoms with van der Waals surface area (Å²) in [4.78, 5) is 11.5. The lowest BCUT2D eigenvalue weighted by molar-refractivity contribution is 0.101. The molecule has 1 aliphatic rings. The standard InChI is InChI=1S/C14H14ClN3O/c1-9(19)11-3-2-4-12(7-11)18-13(8-15)16-17-14(18)10-5-6-10/h2-4,7,10H,5-6,8H2,1H3. The maximum Gasteiger partial charge on any atom is 0.159 e. The second-order valence-corrected chi connectivity index (χ2v) is 5.09. The average Bonchev–Trinajstić information content (AvgIpc) is 3.18. The van der Waals surface area contributed by atoms with E-state index in [4.69, 9.17) is 11.6 Å². The molecule has 0 atom stereocenters. The highest BCUT2D eigenvalue weighted by molar-refractivity contribution is 6.16. The summed E-state index contributed by atoms with van der Waals surface area (Å²) in [5, 5.41) is 8.39. The second-order valence-electron chi connectivity index (χ2n) is 4.82. The van der Waals surface area contributed by atoms with Crippen LogP contribution < -0.4 is 0 Å². The molecule has 0 amide bonds. The smallest absolute Gasteiger partial charge is 0.159 e. The Morgan fingerprint density at radius 1 is 1.42 bits per heavy atom. The van der Waals surface area contributed by atoms with Gasteiger partial charge in [0, 0.05) is 17.2 Å². The number of carbonyl (C=O) groups excluding carboxylic acids is 1. The van der Waals surface area contributed by atoms with Crippen molar-refractivity contribution < 1.29 is 4.79 Å². The lowest BCUT2D eigenvalue weighted by atomic mass is 10.1. The molecule has 1 saturated carbocycles. The third-order valence-electron chi connectivity index (χ3n) is 3.33. The van der Waals surface area contributed by atoms with Crippen molar-refractivity contribution in [3.8, 4) is 5.69 Å². The van der Waals surface area contributed by atoms with Crippen LogP contribution in [-0.4, -0.2) is 20.5 Å². The zero-order valence-corrected chi connectivity index (χ0v) is 11.4. The predicted molar refractivity (Wildman–Crippen MR) is 72.9 cm³/mol. The number of nitrogens with zero attached hydrogens (tertiary/aromatic N) is 3. The Kier molecular flexibility index (Phi) is 3.11. The number of ketones is 1. The van der Waals surface area contributed by atoms with Gasteiger partial charge in [-0.25, -0.2) is 0 Å². The van der Waals surface area contributed by atoms with Gasteiger partial charge in [-0.2, -0.15) is 0 Å². The van der Waals surface area contributed by atoms with Gasteiger partial charge in [0.1, 0.15) is 5.82 Å². The molecule has 0 bridgehead atoms. The third-order valence-corrected chi connectivity index (χ3v) is 3.57. The summed E-state index contributed by atoms with van der Waals surface area (Å²) >= 11 is 5.93. The Bertz CT molecular complexity index is 631. The number of Topliss-reactive ketones (excluding diaryl/α,β-unsaturated/α-hetero) is 1. The van der Waals surface area contributed by atoms with Crippen LogP contribution in [-0.2, 0) is 5.88 Å². The van der Waals surface area contributed by atoms with Gasteiger partial charge < -0.3 is 0 Å². The fourth-order valence-corrected chi connectivity index (χ4v) is 2.34. The van der Waals surface area contributed by atoms with Gasteiger partial charge in [0.2, 0.25) is 0 Å². The lowest BCUT2D eigenvalue weighted by Crippen LogP contribution is -2.05. The molecule has 19 heavy (non-hydrogen) atoms. The fourth-order valence-electron chi connectivity index (χ4n) is 2.17. The molecule has 4 nitrogen and oxygen atoms in total. The molecule has 1 aromatic carbocycles. The molecule has 1 aromatic heterocycles. The number of halogens is 1. The molecular formula is C14H14ClN3O. The number of hydrogen-bond donors (Lipinski definition) is 0. The van der Waals surface area contributed by atoms with E-state index in [0.29, 0.717) is 17.4 Å². The minimum absolute atomic E-state index is 0.0512. The number of hydrogen-bond acceptors (Lipinski definition) is 3. The van der Waals surface area contributed by atoms with E-state index in [2.05, 4.69) is 10.2 Å². The highest BCUT2D eigenvalue weighted by atomic mass is 35.5. The second kappa shape index (κ2) is 4.78. The van der Waals surface area contributed by atoms with Gasteiger partial charge >= 0.3 is 0 Å². The van der Waals surface area contributed by atoms with E-state index in [1.165, 1.54) is 0 Å². The van der Waals surface area contributed by atoms with Gasteiger partial charge in [0.25, 0.3) is 0 Å². The summed E-state index contributed by atoms with van der Waals surface area (Å²) in [6, 6.07) is 7.51. The molecule has 98 valence electrons. The van der Waals surface area contributed by atoms with E-state index in [-0.39, 0.29) is 5.78 Å². The van der Waals surface area contributed by atoms with E-state index in [1.807, 2.05) is 28.8 Å². The van der Waals surface area contributed by atoms with Crippen LogP contribution in [0.2, 0.25) is 0 Å². The first-order valence-electron chi connectivity index (χ1n) is 6.32. The summed E-state index contributed by atoms with van der Waals surface area (Å²) in [7, 11) is 0. The van der Waals surface area contributed by atoms with Crippen molar-refractivity contribution in [2.24, 2.45) is 0 Å². The van der Waals surface area contributed by atoms with Crippen molar-refractivity contribution >= 4 is 17.4 Å². The molecule has 1 heterocycles. The lowest BCUT2D eigenvalue weighted by Gasteiger charge is -2.09. The van der Waals surface area contributed by atoms with Gasteiger partial charge in [0.15, 0.2) is 11.6 Å². The quantitative estimate of drug-likeness (QED) is 0.636. The Balaban J connectivity index is 2.12. The Morgan fingerprint density at radius 3 is 2.84 bits per heavy atom. The molecule has 1 aliphatic carbocycles. The molecule has 0 aliphatic heterocycles. The number of rotatable bonds is 4. The summed E-state index contributed by atoms with van der Waals surface area (Å²) in [5.74, 6) is 2.52. The van der Waals surface area contributed by atoms with E-state index < -0.39 is 0 Å². The molecule has 0 saturated heterocycles. The fraction of sp³-hybridized carbons (Fsp3) is 0.357. The van der Waals surface area contributed by atoms with Crippen LogP contribution in [0.5, 0.6) is 0 Å². The van der Waals surface area contributed by atoms with E-state index in [0.717, 1.165) is 30.2 Å². The van der Waals surface area contributed by atoms with Crippen molar-refractivity contribution in [3.05, 3.63) is 41.5 Å². The zero-order chi connectivity index (χ0) is 13.4. The Labute approximate surface area is 116 Å². The van der Waals surface area contributed by atoms with E-state index in [9.17, 15) is 4.79 Å². The minimum Gasteiger partial charge on any atom is -0.295 e. The Morgan fingerprint density at radius 2 is 2.21 bits per heavy atom. The van der Waals surface area contributed by atoms with Gasteiger partial charge in [-0.3, -0.25) is 9.36 Å². The summed E-state index contributed by atoms with van der Waals surface area (Å²) < 4.78 is 1.98. The van der Waals surface area contributed by atoms with Crippen LogP contribution >= 0.6 is 11.6 Å². The van der Waals surface area contributed by atoms with Crippen LogP contribution in [0.25, 0.3) is 5.69 Å². The van der Waals surface area contributed by atoms with Crippen molar-refractivity contribution in [1.82, 2.24) is 14.8 Å². The Hall–Kier alpha value is -1.68. The monoisotopic (exact) mass is 275 g/mol. The molecule has 1 fully saturated rings. The van der Waals surface area contributed by atoms with E-state index in [1.54, 1.807) is 6.92 Å². The van der Waals surface area contributed by atoms with Crippen LogP contribution in [0.15, 0.2) is 24.3 Å². The first-order chi connectivity index (χ1) is 9.20. The number of carbonyl (C=O) groups is 1. The largest absolute Gasteiger partial charge is 0.295 e. The zero-order valence-electron chi connectivity index (χ0n) is 10.6. The number of aromatic nitrogens is 3. The van der Waals surface area contributed by atoms with Crippen molar-refractivity contribution in [1.29, 1.82) is 0 Å².